The molecule has 11 nitrogen and oxygen atoms in total. The van der Waals surface area contributed by atoms with E-state index < -0.39 is 39.3 Å². The summed E-state index contributed by atoms with van der Waals surface area (Å²) in [5.41, 5.74) is -0.0199. The van der Waals surface area contributed by atoms with Crippen LogP contribution in [0, 0.1) is 10.1 Å². The van der Waals surface area contributed by atoms with Crippen molar-refractivity contribution in [1.82, 2.24) is 10.2 Å². The molecule has 0 radical (unpaired) electrons. The first-order valence-electron chi connectivity index (χ1n) is 9.95. The normalized spacial score (nSPS) is 11.9. The number of hydrogen-bond acceptors (Lipinski definition) is 7. The summed E-state index contributed by atoms with van der Waals surface area (Å²) in [7, 11) is -1.42. The van der Waals surface area contributed by atoms with Crippen LogP contribution in [0.2, 0.25) is 5.02 Å². The number of ether oxygens (including phenoxy) is 1. The molecular weight excluding hydrogens is 488 g/mol. The molecule has 2 aromatic carbocycles. The van der Waals surface area contributed by atoms with Gasteiger partial charge in [-0.1, -0.05) is 29.8 Å². The number of likely N-dealkylation sites (N-methyl/N-ethyl adjacent to an activating group) is 1. The quantitative estimate of drug-likeness (QED) is 0.380. The number of methoxy groups -OCH3 is 1. The third-order valence-electron chi connectivity index (χ3n) is 5.03. The van der Waals surface area contributed by atoms with Crippen molar-refractivity contribution in [3.05, 3.63) is 63.2 Å². The lowest BCUT2D eigenvalue weighted by atomic mass is 10.1. The van der Waals surface area contributed by atoms with Crippen molar-refractivity contribution in [3.63, 3.8) is 0 Å². The highest BCUT2D eigenvalue weighted by atomic mass is 35.5. The van der Waals surface area contributed by atoms with E-state index in [1.165, 1.54) is 32.0 Å². The number of hydrogen-bond donors (Lipinski definition) is 1. The zero-order chi connectivity index (χ0) is 25.6. The first-order chi connectivity index (χ1) is 15.9. The van der Waals surface area contributed by atoms with Crippen LogP contribution in [0.1, 0.15) is 12.5 Å². The smallest absolute Gasteiger partial charge is 0.271 e. The number of nitro benzene ring substituents is 1. The molecule has 0 aromatic heterocycles. The molecule has 0 aliphatic rings. The van der Waals surface area contributed by atoms with Gasteiger partial charge in [-0.25, -0.2) is 8.42 Å². The van der Waals surface area contributed by atoms with E-state index in [0.717, 1.165) is 18.4 Å². The average molecular weight is 513 g/mol. The van der Waals surface area contributed by atoms with Crippen molar-refractivity contribution >= 4 is 44.8 Å². The lowest BCUT2D eigenvalue weighted by Gasteiger charge is -2.31. The Morgan fingerprint density at radius 3 is 2.41 bits per heavy atom. The van der Waals surface area contributed by atoms with E-state index in [-0.39, 0.29) is 23.7 Å². The molecule has 0 saturated carbocycles. The maximum atomic E-state index is 13.4. The van der Waals surface area contributed by atoms with E-state index in [1.807, 2.05) is 0 Å². The van der Waals surface area contributed by atoms with Gasteiger partial charge in [-0.05, 0) is 24.6 Å². The van der Waals surface area contributed by atoms with E-state index in [1.54, 1.807) is 24.3 Å². The van der Waals surface area contributed by atoms with Gasteiger partial charge in [-0.15, -0.1) is 0 Å². The van der Waals surface area contributed by atoms with Gasteiger partial charge >= 0.3 is 0 Å². The van der Waals surface area contributed by atoms with Crippen molar-refractivity contribution < 1.29 is 27.7 Å². The molecular formula is C21H25ClN4O7S. The van der Waals surface area contributed by atoms with Gasteiger partial charge in [-0.2, -0.15) is 0 Å². The van der Waals surface area contributed by atoms with Crippen LogP contribution in [0.4, 0.5) is 11.4 Å². The SMILES string of the molecule is CNC(=O)C(C)N(Cc1ccccc1Cl)C(=O)CN(c1cc([N+](=O)[O-])ccc1OC)S(C)(=O)=O. The van der Waals surface area contributed by atoms with Gasteiger partial charge in [0.1, 0.15) is 24.0 Å². The third kappa shape index (κ3) is 6.35. The summed E-state index contributed by atoms with van der Waals surface area (Å²) in [5, 5.41) is 14.1. The topological polar surface area (TPSA) is 139 Å². The minimum atomic E-state index is -4.10. The molecule has 2 amide bonds. The number of carbonyl (C=O) groups excluding carboxylic acids is 2. The summed E-state index contributed by atoms with van der Waals surface area (Å²) >= 11 is 6.23. The molecule has 0 spiro atoms. The van der Waals surface area contributed by atoms with E-state index in [2.05, 4.69) is 5.32 Å². The highest BCUT2D eigenvalue weighted by molar-refractivity contribution is 7.92. The predicted octanol–water partition coefficient (Wildman–Crippen LogP) is 2.19. The molecule has 1 atom stereocenters. The van der Waals surface area contributed by atoms with Gasteiger partial charge in [0.2, 0.25) is 21.8 Å². The molecule has 184 valence electrons. The van der Waals surface area contributed by atoms with E-state index in [4.69, 9.17) is 16.3 Å². The van der Waals surface area contributed by atoms with Crippen LogP contribution >= 0.6 is 11.6 Å². The number of carbonyl (C=O) groups is 2. The first-order valence-corrected chi connectivity index (χ1v) is 12.2. The number of rotatable bonds is 10. The summed E-state index contributed by atoms with van der Waals surface area (Å²) in [4.78, 5) is 37.5. The van der Waals surface area contributed by atoms with E-state index in [9.17, 15) is 28.1 Å². The second kappa shape index (κ2) is 11.2. The molecule has 13 heteroatoms. The van der Waals surface area contributed by atoms with Gasteiger partial charge in [0.15, 0.2) is 0 Å². The summed E-state index contributed by atoms with van der Waals surface area (Å²) in [6.07, 6.45) is 0.860. The number of halogens is 1. The molecule has 0 heterocycles. The van der Waals surface area contributed by atoms with Crippen LogP contribution in [0.25, 0.3) is 0 Å². The number of non-ortho nitro benzene ring substituents is 1. The zero-order valence-electron chi connectivity index (χ0n) is 19.0. The Balaban J connectivity index is 2.53. The summed E-state index contributed by atoms with van der Waals surface area (Å²) in [5.74, 6) is -1.19. The van der Waals surface area contributed by atoms with Crippen LogP contribution in [-0.2, 0) is 26.2 Å². The summed E-state index contributed by atoms with van der Waals surface area (Å²) < 4.78 is 31.2. The molecule has 0 aliphatic carbocycles. The highest BCUT2D eigenvalue weighted by Crippen LogP contribution is 2.34. The molecule has 1 N–H and O–H groups in total. The van der Waals surface area contributed by atoms with E-state index >= 15 is 0 Å². The largest absolute Gasteiger partial charge is 0.495 e. The number of benzene rings is 2. The fourth-order valence-corrected chi connectivity index (χ4v) is 4.22. The summed E-state index contributed by atoms with van der Waals surface area (Å²) in [6, 6.07) is 9.16. The van der Waals surface area contributed by atoms with Crippen molar-refractivity contribution in [2.75, 3.05) is 31.3 Å². The Kier molecular flexibility index (Phi) is 8.82. The number of sulfonamides is 1. The minimum Gasteiger partial charge on any atom is -0.495 e. The molecule has 0 aliphatic heterocycles. The van der Waals surface area contributed by atoms with Crippen molar-refractivity contribution in [2.45, 2.75) is 19.5 Å². The number of nitrogens with one attached hydrogen (secondary N) is 1. The molecule has 0 bridgehead atoms. The third-order valence-corrected chi connectivity index (χ3v) is 6.53. The Bertz CT molecular complexity index is 1190. The van der Waals surface area contributed by atoms with Crippen molar-refractivity contribution in [3.8, 4) is 5.75 Å². The lowest BCUT2D eigenvalue weighted by molar-refractivity contribution is -0.384. The summed E-state index contributed by atoms with van der Waals surface area (Å²) in [6.45, 7) is 0.686. The molecule has 2 aromatic rings. The first kappa shape index (κ1) is 26.9. The lowest BCUT2D eigenvalue weighted by Crippen LogP contribution is -2.50. The molecule has 1 unspecified atom stereocenters. The number of anilines is 1. The Morgan fingerprint density at radius 1 is 1.24 bits per heavy atom. The van der Waals surface area contributed by atoms with Gasteiger partial charge < -0.3 is 15.0 Å². The van der Waals surface area contributed by atoms with Crippen LogP contribution in [0.5, 0.6) is 5.75 Å². The van der Waals surface area contributed by atoms with Crippen LogP contribution in [-0.4, -0.2) is 63.1 Å². The van der Waals surface area contributed by atoms with Gasteiger partial charge in [0, 0.05) is 30.7 Å². The van der Waals surface area contributed by atoms with Gasteiger partial charge in [0.05, 0.1) is 18.3 Å². The Labute approximate surface area is 202 Å². The monoisotopic (exact) mass is 512 g/mol. The Morgan fingerprint density at radius 2 is 1.88 bits per heavy atom. The second-order valence-electron chi connectivity index (χ2n) is 7.29. The number of nitrogens with zero attached hydrogens (tertiary/aromatic N) is 3. The number of nitro groups is 1. The maximum Gasteiger partial charge on any atom is 0.271 e. The predicted molar refractivity (Wildman–Crippen MR) is 127 cm³/mol. The average Bonchev–Trinajstić information content (AvgIpc) is 2.79. The molecule has 34 heavy (non-hydrogen) atoms. The Hall–Kier alpha value is -3.38. The fourth-order valence-electron chi connectivity index (χ4n) is 3.18. The number of amides is 2. The van der Waals surface area contributed by atoms with Crippen molar-refractivity contribution in [1.29, 1.82) is 0 Å². The van der Waals surface area contributed by atoms with Crippen molar-refractivity contribution in [2.24, 2.45) is 0 Å². The van der Waals surface area contributed by atoms with Crippen LogP contribution < -0.4 is 14.4 Å². The molecule has 2 rings (SSSR count). The van der Waals surface area contributed by atoms with Crippen LogP contribution in [0.3, 0.4) is 0 Å². The minimum absolute atomic E-state index is 0.0147. The molecule has 0 fully saturated rings. The van der Waals surface area contributed by atoms with Crippen LogP contribution in [0.15, 0.2) is 42.5 Å². The molecule has 0 saturated heterocycles. The second-order valence-corrected chi connectivity index (χ2v) is 9.60. The van der Waals surface area contributed by atoms with E-state index in [0.29, 0.717) is 14.9 Å². The maximum absolute atomic E-state index is 13.4. The van der Waals surface area contributed by atoms with Gasteiger partial charge in [0.25, 0.3) is 5.69 Å². The zero-order valence-corrected chi connectivity index (χ0v) is 20.6. The fraction of sp³-hybridized carbons (Fsp3) is 0.333. The highest BCUT2D eigenvalue weighted by Gasteiger charge is 2.32. The standard InChI is InChI=1S/C21H25ClN4O7S/c1-14(21(28)23-2)24(12-15-7-5-6-8-17(15)22)20(27)13-25(34(4,31)32)18-11-16(26(29)30)9-10-19(18)33-3/h5-11,14H,12-13H2,1-4H3,(H,23,28). The van der Waals surface area contributed by atoms with Gasteiger partial charge in [-0.3, -0.25) is 24.0 Å².